The number of nitrogens with one attached hydrogen (secondary N) is 1. The van der Waals surface area contributed by atoms with Crippen LogP contribution in [0.15, 0.2) is 112 Å². The third kappa shape index (κ3) is 9.39. The maximum Gasteiger partial charge on any atom is 0.417 e. The van der Waals surface area contributed by atoms with Gasteiger partial charge in [-0.05, 0) is 66.9 Å². The average Bonchev–Trinajstić information content (AvgIpc) is 3.06. The van der Waals surface area contributed by atoms with E-state index in [-0.39, 0.29) is 23.9 Å². The van der Waals surface area contributed by atoms with Crippen molar-refractivity contribution in [1.82, 2.24) is 10.2 Å². The van der Waals surface area contributed by atoms with Gasteiger partial charge in [-0.15, -0.1) is 0 Å². The Hall–Kier alpha value is -3.87. The summed E-state index contributed by atoms with van der Waals surface area (Å²) in [7, 11) is -4.60. The summed E-state index contributed by atoms with van der Waals surface area (Å²) in [5.41, 5.74) is -0.291. The van der Waals surface area contributed by atoms with Crippen LogP contribution in [0.4, 0.5) is 18.9 Å². The van der Waals surface area contributed by atoms with Gasteiger partial charge in [0.15, 0.2) is 0 Å². The highest BCUT2D eigenvalue weighted by Crippen LogP contribution is 2.38. The number of halogens is 5. The minimum atomic E-state index is -4.90. The van der Waals surface area contributed by atoms with Crippen LogP contribution in [0.3, 0.4) is 0 Å². The summed E-state index contributed by atoms with van der Waals surface area (Å²) in [5.74, 6) is -1.26. The molecule has 13 heteroatoms. The lowest BCUT2D eigenvalue weighted by Gasteiger charge is -2.34. The minimum Gasteiger partial charge on any atom is -0.352 e. The molecule has 0 spiro atoms. The van der Waals surface area contributed by atoms with Gasteiger partial charge < -0.3 is 10.2 Å². The van der Waals surface area contributed by atoms with Crippen molar-refractivity contribution in [2.75, 3.05) is 10.8 Å². The molecular weight excluding hydrogens is 731 g/mol. The van der Waals surface area contributed by atoms with Crippen molar-refractivity contribution in [3.05, 3.63) is 129 Å². The Morgan fingerprint density at radius 2 is 1.50 bits per heavy atom. The Bertz CT molecular complexity index is 1810. The number of sulfonamides is 1. The van der Waals surface area contributed by atoms with Gasteiger partial charge in [-0.2, -0.15) is 13.2 Å². The van der Waals surface area contributed by atoms with Gasteiger partial charge in [0.1, 0.15) is 12.6 Å². The van der Waals surface area contributed by atoms with Crippen molar-refractivity contribution >= 4 is 55.1 Å². The van der Waals surface area contributed by atoms with Gasteiger partial charge in [-0.25, -0.2) is 8.42 Å². The molecule has 0 heterocycles. The first kappa shape index (κ1) is 37.0. The van der Waals surface area contributed by atoms with Crippen LogP contribution >= 0.6 is 27.5 Å². The number of hydrogen-bond donors (Lipinski definition) is 1. The molecule has 4 aromatic rings. The molecule has 0 saturated heterocycles. The number of hydrogen-bond acceptors (Lipinski definition) is 4. The topological polar surface area (TPSA) is 86.8 Å². The molecule has 0 aliphatic heterocycles. The van der Waals surface area contributed by atoms with E-state index in [9.17, 15) is 31.2 Å². The molecule has 4 aromatic carbocycles. The predicted molar refractivity (Wildman–Crippen MR) is 184 cm³/mol. The monoisotopic (exact) mass is 763 g/mol. The van der Waals surface area contributed by atoms with Gasteiger partial charge in [0, 0.05) is 23.5 Å². The quantitative estimate of drug-likeness (QED) is 0.150. The van der Waals surface area contributed by atoms with Gasteiger partial charge in [0.05, 0.1) is 21.2 Å². The van der Waals surface area contributed by atoms with Crippen molar-refractivity contribution in [3.63, 3.8) is 0 Å². The number of benzene rings is 4. The largest absolute Gasteiger partial charge is 0.417 e. The van der Waals surface area contributed by atoms with E-state index in [0.717, 1.165) is 22.2 Å². The zero-order valence-electron chi connectivity index (χ0n) is 26.1. The molecule has 0 radical (unpaired) electrons. The van der Waals surface area contributed by atoms with Crippen LogP contribution in [0.1, 0.15) is 37.0 Å². The standard InChI is InChI=1S/C35H34BrClF3N3O4S/c1-3-24(2)41-34(45)32(20-25-10-6-4-7-11-25)42(22-26-14-16-27(36)17-15-26)33(44)23-43(48(46,47)29-12-8-5-9-13-29)28-18-19-31(37)30(21-28)35(38,39)40/h4-19,21,24,32H,3,20,22-23H2,1-2H3,(H,41,45)/t24-,32+/m0/s1. The number of alkyl halides is 3. The van der Waals surface area contributed by atoms with Crippen molar-refractivity contribution in [1.29, 1.82) is 0 Å². The molecule has 0 saturated carbocycles. The van der Waals surface area contributed by atoms with Crippen LogP contribution in [-0.4, -0.2) is 43.8 Å². The van der Waals surface area contributed by atoms with E-state index in [1.165, 1.54) is 29.2 Å². The smallest absolute Gasteiger partial charge is 0.352 e. The van der Waals surface area contributed by atoms with Crippen molar-refractivity contribution in [2.24, 2.45) is 0 Å². The van der Waals surface area contributed by atoms with Crippen molar-refractivity contribution < 1.29 is 31.2 Å². The van der Waals surface area contributed by atoms with Gasteiger partial charge in [-0.3, -0.25) is 13.9 Å². The van der Waals surface area contributed by atoms with Crippen LogP contribution in [0, 0.1) is 0 Å². The number of amides is 2. The van der Waals surface area contributed by atoms with Crippen LogP contribution < -0.4 is 9.62 Å². The summed E-state index contributed by atoms with van der Waals surface area (Å²) in [6.07, 6.45) is -4.19. The molecule has 2 atom stereocenters. The number of nitrogens with zero attached hydrogens (tertiary/aromatic N) is 2. The first-order valence-electron chi connectivity index (χ1n) is 15.0. The molecule has 4 rings (SSSR count). The SMILES string of the molecule is CC[C@H](C)NC(=O)[C@@H](Cc1ccccc1)N(Cc1ccc(Br)cc1)C(=O)CN(c1ccc(Cl)c(C(F)(F)F)c1)S(=O)(=O)c1ccccc1. The van der Waals surface area contributed by atoms with Crippen LogP contribution in [0.2, 0.25) is 5.02 Å². The summed E-state index contributed by atoms with van der Waals surface area (Å²) in [4.78, 5) is 29.4. The molecule has 2 amide bonds. The molecule has 0 aliphatic carbocycles. The summed E-state index contributed by atoms with van der Waals surface area (Å²) < 4.78 is 71.3. The number of carbonyl (C=O) groups is 2. The number of rotatable bonds is 13. The van der Waals surface area contributed by atoms with Gasteiger partial charge >= 0.3 is 6.18 Å². The lowest BCUT2D eigenvalue weighted by atomic mass is 10.0. The van der Waals surface area contributed by atoms with E-state index in [2.05, 4.69) is 21.2 Å². The first-order valence-corrected chi connectivity index (χ1v) is 17.6. The zero-order chi connectivity index (χ0) is 35.1. The fraction of sp³-hybridized carbons (Fsp3) is 0.257. The van der Waals surface area contributed by atoms with Crippen LogP contribution in [-0.2, 0) is 38.8 Å². The summed E-state index contributed by atoms with van der Waals surface area (Å²) in [5, 5.41) is 2.31. The second-order valence-corrected chi connectivity index (χ2v) is 14.3. The molecule has 0 unspecified atom stereocenters. The highest BCUT2D eigenvalue weighted by Gasteiger charge is 2.37. The van der Waals surface area contributed by atoms with E-state index in [0.29, 0.717) is 22.4 Å². The second-order valence-electron chi connectivity index (χ2n) is 11.2. The number of anilines is 1. The Balaban J connectivity index is 1.86. The van der Waals surface area contributed by atoms with E-state index in [1.807, 2.05) is 32.0 Å². The Morgan fingerprint density at radius 1 is 0.896 bits per heavy atom. The average molecular weight is 765 g/mol. The lowest BCUT2D eigenvalue weighted by Crippen LogP contribution is -2.54. The zero-order valence-corrected chi connectivity index (χ0v) is 29.3. The Kier molecular flexibility index (Phi) is 12.3. The molecular formula is C35H34BrClF3N3O4S. The molecule has 0 aromatic heterocycles. The van der Waals surface area contributed by atoms with Gasteiger partial charge in [-0.1, -0.05) is 95.1 Å². The summed E-state index contributed by atoms with van der Waals surface area (Å²) >= 11 is 9.26. The predicted octanol–water partition coefficient (Wildman–Crippen LogP) is 7.87. The maximum atomic E-state index is 14.5. The normalized spacial score (nSPS) is 13.0. The molecule has 0 aliphatic rings. The van der Waals surface area contributed by atoms with Crippen LogP contribution in [0.25, 0.3) is 0 Å². The third-order valence-corrected chi connectivity index (χ3v) is 10.3. The second kappa shape index (κ2) is 16.0. The van der Waals surface area contributed by atoms with Gasteiger partial charge in [0.2, 0.25) is 11.8 Å². The van der Waals surface area contributed by atoms with E-state index >= 15 is 0 Å². The van der Waals surface area contributed by atoms with Crippen LogP contribution in [0.5, 0.6) is 0 Å². The maximum absolute atomic E-state index is 14.5. The molecule has 48 heavy (non-hydrogen) atoms. The van der Waals surface area contributed by atoms with Gasteiger partial charge in [0.25, 0.3) is 10.0 Å². The fourth-order valence-corrected chi connectivity index (χ4v) is 6.83. The molecule has 254 valence electrons. The first-order chi connectivity index (χ1) is 22.7. The van der Waals surface area contributed by atoms with E-state index < -0.39 is 56.9 Å². The molecule has 0 bridgehead atoms. The Labute approximate surface area is 291 Å². The van der Waals surface area contributed by atoms with E-state index in [1.54, 1.807) is 42.5 Å². The number of carbonyl (C=O) groups excluding carboxylic acids is 2. The highest BCUT2D eigenvalue weighted by molar-refractivity contribution is 9.10. The Morgan fingerprint density at radius 3 is 2.08 bits per heavy atom. The molecule has 1 N–H and O–H groups in total. The lowest BCUT2D eigenvalue weighted by molar-refractivity contribution is -0.140. The third-order valence-electron chi connectivity index (χ3n) is 7.69. The minimum absolute atomic E-state index is 0.0921. The van der Waals surface area contributed by atoms with E-state index in [4.69, 9.17) is 11.6 Å². The van der Waals surface area contributed by atoms with Crippen molar-refractivity contribution in [3.8, 4) is 0 Å². The van der Waals surface area contributed by atoms with Crippen molar-refractivity contribution in [2.45, 2.75) is 56.4 Å². The summed E-state index contributed by atoms with van der Waals surface area (Å²) in [6.45, 7) is 2.72. The molecule has 0 fully saturated rings. The summed E-state index contributed by atoms with van der Waals surface area (Å²) in [6, 6.07) is 24.5. The molecule has 7 nitrogen and oxygen atoms in total. The fourth-order valence-electron chi connectivity index (χ4n) is 4.92. The highest BCUT2D eigenvalue weighted by atomic mass is 79.9.